The van der Waals surface area contributed by atoms with E-state index in [1.54, 1.807) is 12.3 Å². The van der Waals surface area contributed by atoms with Gasteiger partial charge in [0.25, 0.3) is 5.88 Å². The van der Waals surface area contributed by atoms with E-state index in [1.807, 2.05) is 10.8 Å². The van der Waals surface area contributed by atoms with Crippen LogP contribution in [0.4, 0.5) is 20.4 Å². The van der Waals surface area contributed by atoms with Gasteiger partial charge in [-0.3, -0.25) is 10.1 Å². The Morgan fingerprint density at radius 3 is 2.73 bits per heavy atom. The molecular weight excluding hydrogens is 582 g/mol. The third kappa shape index (κ3) is 7.18. The minimum absolute atomic E-state index is 0.254. The minimum Gasteiger partial charge on any atom is -0.479 e. The van der Waals surface area contributed by atoms with Crippen LogP contribution in [-0.2, 0) is 22.5 Å². The average Bonchev–Trinajstić information content (AvgIpc) is 3.79. The lowest BCUT2D eigenvalue weighted by molar-refractivity contribution is -0.120. The van der Waals surface area contributed by atoms with Gasteiger partial charge in [-0.1, -0.05) is 18.2 Å². The highest BCUT2D eigenvalue weighted by molar-refractivity contribution is 5.92. The van der Waals surface area contributed by atoms with E-state index in [-0.39, 0.29) is 5.91 Å². The van der Waals surface area contributed by atoms with Crippen molar-refractivity contribution in [2.24, 2.45) is 5.92 Å². The Morgan fingerprint density at radius 2 is 1.96 bits per heavy atom. The van der Waals surface area contributed by atoms with Gasteiger partial charge in [-0.25, -0.2) is 13.8 Å². The van der Waals surface area contributed by atoms with Crippen molar-refractivity contribution in [2.45, 2.75) is 32.2 Å². The number of rotatable bonds is 11. The molecule has 1 N–H and O–H groups in total. The number of halogens is 2. The number of morpholine rings is 1. The zero-order chi connectivity index (χ0) is 31.3. The van der Waals surface area contributed by atoms with Crippen LogP contribution < -0.4 is 15.0 Å². The Bertz CT molecular complexity index is 1620. The molecule has 2 saturated heterocycles. The lowest BCUT2D eigenvalue weighted by atomic mass is 9.88. The topological polar surface area (TPSA) is 97.9 Å². The summed E-state index contributed by atoms with van der Waals surface area (Å²) in [4.78, 5) is 22.8. The number of carbonyl (C=O) groups is 1. The number of methoxy groups -OCH3 is 1. The SMILES string of the molecule is COc1cc(CCCN2CC(C(=O)Nc3nccn3Cc3ccc(C)cc3N3CCOCC3)[C@H](c3ccc(F)cc3F)C2)on1. The molecular formula is C33H38F2N6O4. The van der Waals surface area contributed by atoms with Gasteiger partial charge in [0.1, 0.15) is 17.4 Å². The molecule has 2 aromatic carbocycles. The van der Waals surface area contributed by atoms with E-state index in [0.29, 0.717) is 69.0 Å². The van der Waals surface area contributed by atoms with Crippen molar-refractivity contribution in [1.29, 1.82) is 0 Å². The third-order valence-electron chi connectivity index (χ3n) is 8.62. The van der Waals surface area contributed by atoms with Crippen LogP contribution >= 0.6 is 0 Å². The molecule has 238 valence electrons. The maximum absolute atomic E-state index is 15.0. The van der Waals surface area contributed by atoms with E-state index in [1.165, 1.54) is 24.8 Å². The van der Waals surface area contributed by atoms with Crippen LogP contribution in [0.1, 0.15) is 34.8 Å². The second-order valence-electron chi connectivity index (χ2n) is 11.7. The van der Waals surface area contributed by atoms with Crippen molar-refractivity contribution in [2.75, 3.05) is 63.3 Å². The number of amides is 1. The molecule has 0 radical (unpaired) electrons. The Balaban J connectivity index is 1.17. The summed E-state index contributed by atoms with van der Waals surface area (Å²) >= 11 is 0. The number of imidazole rings is 1. The van der Waals surface area contributed by atoms with E-state index < -0.39 is 23.5 Å². The highest BCUT2D eigenvalue weighted by atomic mass is 19.1. The number of likely N-dealkylation sites (tertiary alicyclic amines) is 1. The maximum atomic E-state index is 15.0. The van der Waals surface area contributed by atoms with Gasteiger partial charge in [-0.05, 0) is 53.9 Å². The summed E-state index contributed by atoms with van der Waals surface area (Å²) in [5, 5.41) is 6.86. The van der Waals surface area contributed by atoms with Crippen LogP contribution in [0.5, 0.6) is 5.88 Å². The quantitative estimate of drug-likeness (QED) is 0.259. The van der Waals surface area contributed by atoms with Crippen molar-refractivity contribution in [3.63, 3.8) is 0 Å². The first-order chi connectivity index (χ1) is 21.9. The number of anilines is 2. The van der Waals surface area contributed by atoms with Crippen LogP contribution in [0.25, 0.3) is 0 Å². The Morgan fingerprint density at radius 1 is 1.11 bits per heavy atom. The first-order valence-electron chi connectivity index (χ1n) is 15.3. The second-order valence-corrected chi connectivity index (χ2v) is 11.7. The summed E-state index contributed by atoms with van der Waals surface area (Å²) in [6.07, 6.45) is 4.89. The van der Waals surface area contributed by atoms with Gasteiger partial charge >= 0.3 is 0 Å². The monoisotopic (exact) mass is 620 g/mol. The fourth-order valence-corrected chi connectivity index (χ4v) is 6.29. The largest absolute Gasteiger partial charge is 0.479 e. The number of aromatic nitrogens is 3. The van der Waals surface area contributed by atoms with Gasteiger partial charge in [0.05, 0.1) is 32.8 Å². The molecule has 4 heterocycles. The standard InChI is InChI=1S/C33H38F2N6O4/c1-22-5-6-23(30(16-22)40-12-14-44-15-13-40)19-41-11-9-36-33(41)37-32(42)28-21-39(10-3-4-25-18-31(43-2)38-45-25)20-27(28)26-8-7-24(34)17-29(26)35/h5-9,11,16-18,27-28H,3-4,10,12-15,19-21H2,1-2H3,(H,36,37,42)/t27-,28?/m0/s1. The highest BCUT2D eigenvalue weighted by Crippen LogP contribution is 2.35. The van der Waals surface area contributed by atoms with Crippen molar-refractivity contribution in [1.82, 2.24) is 19.6 Å². The Hall–Kier alpha value is -4.29. The molecule has 1 amide bonds. The summed E-state index contributed by atoms with van der Waals surface area (Å²) in [5.74, 6) is -1.02. The van der Waals surface area contributed by atoms with Crippen molar-refractivity contribution in [3.8, 4) is 5.88 Å². The molecule has 2 aromatic heterocycles. The normalized spacial score (nSPS) is 18.8. The molecule has 2 atom stereocenters. The fraction of sp³-hybridized carbons (Fsp3) is 0.424. The predicted octanol–water partition coefficient (Wildman–Crippen LogP) is 4.64. The first kappa shape index (κ1) is 30.7. The number of ether oxygens (including phenoxy) is 2. The number of carbonyl (C=O) groups excluding carboxylic acids is 1. The van der Waals surface area contributed by atoms with E-state index in [9.17, 15) is 9.18 Å². The van der Waals surface area contributed by atoms with Crippen molar-refractivity contribution >= 4 is 17.5 Å². The van der Waals surface area contributed by atoms with Crippen LogP contribution in [0.2, 0.25) is 0 Å². The first-order valence-corrected chi connectivity index (χ1v) is 15.3. The number of benzene rings is 2. The van der Waals surface area contributed by atoms with E-state index in [2.05, 4.69) is 50.4 Å². The lowest BCUT2D eigenvalue weighted by Gasteiger charge is -2.31. The predicted molar refractivity (Wildman–Crippen MR) is 165 cm³/mol. The molecule has 0 bridgehead atoms. The molecule has 0 aliphatic carbocycles. The maximum Gasteiger partial charge on any atom is 0.254 e. The molecule has 12 heteroatoms. The Labute approximate surface area is 260 Å². The molecule has 10 nitrogen and oxygen atoms in total. The summed E-state index contributed by atoms with van der Waals surface area (Å²) in [6.45, 7) is 7.14. The summed E-state index contributed by atoms with van der Waals surface area (Å²) in [7, 11) is 1.53. The molecule has 2 fully saturated rings. The van der Waals surface area contributed by atoms with Crippen LogP contribution in [-0.4, -0.2) is 78.6 Å². The minimum atomic E-state index is -0.649. The molecule has 0 saturated carbocycles. The van der Waals surface area contributed by atoms with Crippen molar-refractivity contribution in [3.05, 3.63) is 88.9 Å². The van der Waals surface area contributed by atoms with Gasteiger partial charge in [0.2, 0.25) is 11.9 Å². The van der Waals surface area contributed by atoms with E-state index in [4.69, 9.17) is 14.0 Å². The van der Waals surface area contributed by atoms with Gasteiger partial charge < -0.3 is 28.4 Å². The smallest absolute Gasteiger partial charge is 0.254 e. The number of nitrogens with one attached hydrogen (secondary N) is 1. The van der Waals surface area contributed by atoms with Gasteiger partial charge in [-0.2, -0.15) is 0 Å². The zero-order valence-corrected chi connectivity index (χ0v) is 25.5. The second kappa shape index (κ2) is 13.8. The molecule has 2 aliphatic rings. The lowest BCUT2D eigenvalue weighted by Crippen LogP contribution is -2.37. The average molecular weight is 621 g/mol. The summed E-state index contributed by atoms with van der Waals surface area (Å²) in [5.41, 5.74) is 3.76. The number of aryl methyl sites for hydroxylation is 2. The van der Waals surface area contributed by atoms with Crippen molar-refractivity contribution < 1.29 is 27.6 Å². The summed E-state index contributed by atoms with van der Waals surface area (Å²) < 4.78 is 46.7. The van der Waals surface area contributed by atoms with E-state index in [0.717, 1.165) is 36.8 Å². The molecule has 1 unspecified atom stereocenters. The van der Waals surface area contributed by atoms with E-state index >= 15 is 4.39 Å². The molecule has 0 spiro atoms. The van der Waals surface area contributed by atoms with Gasteiger partial charge in [0, 0.05) is 68.7 Å². The zero-order valence-electron chi connectivity index (χ0n) is 25.5. The van der Waals surface area contributed by atoms with Crippen LogP contribution in [0.3, 0.4) is 0 Å². The number of hydrogen-bond acceptors (Lipinski definition) is 8. The third-order valence-corrected chi connectivity index (χ3v) is 8.62. The van der Waals surface area contributed by atoms with Crippen LogP contribution in [0, 0.1) is 24.5 Å². The fourth-order valence-electron chi connectivity index (χ4n) is 6.29. The summed E-state index contributed by atoms with van der Waals surface area (Å²) in [6, 6.07) is 11.7. The Kier molecular flexibility index (Phi) is 9.41. The number of nitrogens with zero attached hydrogens (tertiary/aromatic N) is 5. The van der Waals surface area contributed by atoms with Crippen LogP contribution in [0.15, 0.2) is 59.4 Å². The van der Waals surface area contributed by atoms with Gasteiger partial charge in [-0.15, -0.1) is 0 Å². The molecule has 2 aliphatic heterocycles. The molecule has 45 heavy (non-hydrogen) atoms. The molecule has 4 aromatic rings. The molecule has 6 rings (SSSR count). The number of hydrogen-bond donors (Lipinski definition) is 1. The van der Waals surface area contributed by atoms with Gasteiger partial charge in [0.15, 0.2) is 0 Å². The highest BCUT2D eigenvalue weighted by Gasteiger charge is 2.40.